The maximum absolute atomic E-state index is 12.8. The van der Waals surface area contributed by atoms with E-state index in [2.05, 4.69) is 51.4 Å². The van der Waals surface area contributed by atoms with Gasteiger partial charge in [-0.3, -0.25) is 4.79 Å². The van der Waals surface area contributed by atoms with Crippen molar-refractivity contribution >= 4 is 11.4 Å². The van der Waals surface area contributed by atoms with Crippen LogP contribution in [0.15, 0.2) is 59.7 Å². The topological polar surface area (TPSA) is 52.3 Å². The lowest BCUT2D eigenvalue weighted by molar-refractivity contribution is 0.0350. The first-order valence-corrected chi connectivity index (χ1v) is 11.0. The number of aromatic nitrogens is 1. The van der Waals surface area contributed by atoms with Crippen molar-refractivity contribution in [3.63, 3.8) is 0 Å². The van der Waals surface area contributed by atoms with Crippen LogP contribution in [-0.2, 0) is 0 Å². The van der Waals surface area contributed by atoms with Gasteiger partial charge < -0.3 is 9.15 Å². The predicted molar refractivity (Wildman–Crippen MR) is 124 cm³/mol. The molecule has 3 aromatic rings. The Bertz CT molecular complexity index is 1120. The second-order valence-corrected chi connectivity index (χ2v) is 8.60. The average molecular weight is 416 g/mol. The van der Waals surface area contributed by atoms with E-state index in [9.17, 15) is 4.79 Å². The van der Waals surface area contributed by atoms with Gasteiger partial charge in [-0.15, -0.1) is 0 Å². The van der Waals surface area contributed by atoms with Crippen LogP contribution >= 0.6 is 0 Å². The summed E-state index contributed by atoms with van der Waals surface area (Å²) in [6.07, 6.45) is 3.67. The molecule has 0 bridgehead atoms. The Morgan fingerprint density at radius 2 is 1.77 bits per heavy atom. The zero-order chi connectivity index (χ0) is 22.2. The number of oxazole rings is 1. The Hall–Kier alpha value is -3.14. The predicted octanol–water partition coefficient (Wildman–Crippen LogP) is 7.20. The zero-order valence-corrected chi connectivity index (χ0v) is 18.7. The van der Waals surface area contributed by atoms with E-state index < -0.39 is 5.60 Å². The largest absolute Gasteiger partial charge is 0.486 e. The normalized spacial score (nSPS) is 14.9. The van der Waals surface area contributed by atoms with Crippen LogP contribution in [0.25, 0.3) is 28.3 Å². The number of ketones is 1. The molecule has 0 N–H and O–H groups in total. The fraction of sp³-hybridized carbons (Fsp3) is 0.333. The summed E-state index contributed by atoms with van der Waals surface area (Å²) in [5, 5.41) is 0. The van der Waals surface area contributed by atoms with E-state index in [1.54, 1.807) is 6.26 Å². The van der Waals surface area contributed by atoms with E-state index in [0.29, 0.717) is 29.5 Å². The zero-order valence-electron chi connectivity index (χ0n) is 18.7. The lowest BCUT2D eigenvalue weighted by Crippen LogP contribution is -2.40. The second kappa shape index (κ2) is 8.18. The van der Waals surface area contributed by atoms with E-state index in [-0.39, 0.29) is 5.78 Å². The highest BCUT2D eigenvalue weighted by Gasteiger charge is 2.37. The fourth-order valence-electron chi connectivity index (χ4n) is 4.00. The third-order valence-electron chi connectivity index (χ3n) is 6.38. The van der Waals surface area contributed by atoms with E-state index in [1.165, 1.54) is 0 Å². The summed E-state index contributed by atoms with van der Waals surface area (Å²) in [5.74, 6) is 1.65. The maximum atomic E-state index is 12.8. The lowest BCUT2D eigenvalue weighted by atomic mass is 9.85. The van der Waals surface area contributed by atoms with Crippen LogP contribution in [0.4, 0.5) is 0 Å². The number of nitrogens with zero attached hydrogens (tertiary/aromatic N) is 1. The van der Waals surface area contributed by atoms with E-state index in [1.807, 2.05) is 30.3 Å². The standard InChI is InChI=1S/C27H29NO3/c1-6-27(7-2)15-24(29)22-14-21(12-13-25(22)31-27)26-28-23(16-30-26)20-10-8-19(9-11-20)18(5)17(3)4/h8-14,16-17H,5-7,15H2,1-4H3. The van der Waals surface area contributed by atoms with Crippen LogP contribution in [0.5, 0.6) is 5.75 Å². The van der Waals surface area contributed by atoms with E-state index in [4.69, 9.17) is 9.15 Å². The summed E-state index contributed by atoms with van der Waals surface area (Å²) in [6, 6.07) is 13.8. The summed E-state index contributed by atoms with van der Waals surface area (Å²) < 4.78 is 12.0. The SMILES string of the molecule is C=C(c1ccc(-c2coc(-c3ccc4c(c3)C(=O)CC(CC)(CC)O4)n2)cc1)C(C)C. The number of fused-ring (bicyclic) bond motifs is 1. The number of hydrogen-bond acceptors (Lipinski definition) is 4. The van der Waals surface area contributed by atoms with Crippen molar-refractivity contribution in [2.45, 2.75) is 52.6 Å². The van der Waals surface area contributed by atoms with Crippen LogP contribution in [0.1, 0.15) is 62.9 Å². The van der Waals surface area contributed by atoms with Gasteiger partial charge in [-0.05, 0) is 48.1 Å². The summed E-state index contributed by atoms with van der Waals surface area (Å²) >= 11 is 0. The van der Waals surface area contributed by atoms with Gasteiger partial charge in [0.1, 0.15) is 23.3 Å². The van der Waals surface area contributed by atoms with Crippen molar-refractivity contribution in [3.8, 4) is 28.5 Å². The monoisotopic (exact) mass is 415 g/mol. The van der Waals surface area contributed by atoms with Gasteiger partial charge in [-0.2, -0.15) is 0 Å². The van der Waals surface area contributed by atoms with Crippen molar-refractivity contribution in [2.75, 3.05) is 0 Å². The van der Waals surface area contributed by atoms with Gasteiger partial charge >= 0.3 is 0 Å². The second-order valence-electron chi connectivity index (χ2n) is 8.60. The van der Waals surface area contributed by atoms with Gasteiger partial charge in [0.25, 0.3) is 0 Å². The van der Waals surface area contributed by atoms with Crippen LogP contribution < -0.4 is 4.74 Å². The lowest BCUT2D eigenvalue weighted by Gasteiger charge is -2.36. The van der Waals surface area contributed by atoms with Crippen LogP contribution in [0, 0.1) is 5.92 Å². The smallest absolute Gasteiger partial charge is 0.226 e. The van der Waals surface area contributed by atoms with Crippen LogP contribution in [0.3, 0.4) is 0 Å². The third kappa shape index (κ3) is 3.95. The third-order valence-corrected chi connectivity index (χ3v) is 6.38. The molecule has 1 aliphatic rings. The minimum absolute atomic E-state index is 0.111. The highest BCUT2D eigenvalue weighted by atomic mass is 16.5. The molecular formula is C27H29NO3. The average Bonchev–Trinajstić information content (AvgIpc) is 3.28. The molecule has 0 radical (unpaired) electrons. The van der Waals surface area contributed by atoms with E-state index in [0.717, 1.165) is 40.8 Å². The van der Waals surface area contributed by atoms with Crippen molar-refractivity contribution in [1.29, 1.82) is 0 Å². The molecule has 2 aromatic carbocycles. The Balaban J connectivity index is 1.60. The summed E-state index contributed by atoms with van der Waals surface area (Å²) in [6.45, 7) is 12.6. The Labute approximate surface area is 184 Å². The molecule has 0 saturated heterocycles. The molecule has 1 aliphatic heterocycles. The van der Waals surface area contributed by atoms with Crippen LogP contribution in [0.2, 0.25) is 0 Å². The number of carbonyl (C=O) groups excluding carboxylic acids is 1. The van der Waals surface area contributed by atoms with Gasteiger partial charge in [-0.1, -0.05) is 58.5 Å². The number of allylic oxidation sites excluding steroid dienone is 1. The Morgan fingerprint density at radius 3 is 2.42 bits per heavy atom. The molecule has 31 heavy (non-hydrogen) atoms. The number of rotatable bonds is 6. The molecule has 0 aliphatic carbocycles. The molecule has 0 atom stereocenters. The minimum atomic E-state index is -0.394. The van der Waals surface area contributed by atoms with Gasteiger partial charge in [0, 0.05) is 11.1 Å². The fourth-order valence-corrected chi connectivity index (χ4v) is 4.00. The quantitative estimate of drug-likeness (QED) is 0.427. The highest BCUT2D eigenvalue weighted by Crippen LogP contribution is 2.39. The Morgan fingerprint density at radius 1 is 1.10 bits per heavy atom. The summed E-state index contributed by atoms with van der Waals surface area (Å²) in [5.41, 5.74) is 4.96. The van der Waals surface area contributed by atoms with Crippen LogP contribution in [-0.4, -0.2) is 16.4 Å². The molecular weight excluding hydrogens is 386 g/mol. The molecule has 4 heteroatoms. The highest BCUT2D eigenvalue weighted by molar-refractivity contribution is 6.01. The maximum Gasteiger partial charge on any atom is 0.226 e. The van der Waals surface area contributed by atoms with Gasteiger partial charge in [0.15, 0.2) is 5.78 Å². The molecule has 4 rings (SSSR count). The molecule has 0 spiro atoms. The molecule has 160 valence electrons. The van der Waals surface area contributed by atoms with Crippen molar-refractivity contribution < 1.29 is 13.9 Å². The number of ether oxygens (including phenoxy) is 1. The molecule has 0 saturated carbocycles. The van der Waals surface area contributed by atoms with Gasteiger partial charge in [-0.25, -0.2) is 4.98 Å². The number of hydrogen-bond donors (Lipinski definition) is 0. The Kier molecular flexibility index (Phi) is 5.57. The molecule has 0 fully saturated rings. The number of Topliss-reactive ketones (excluding diaryl/α,β-unsaturated/α-hetero) is 1. The first-order valence-electron chi connectivity index (χ1n) is 11.0. The molecule has 0 unspecified atom stereocenters. The van der Waals surface area contributed by atoms with Crippen molar-refractivity contribution in [2.24, 2.45) is 5.92 Å². The van der Waals surface area contributed by atoms with Gasteiger partial charge in [0.2, 0.25) is 5.89 Å². The van der Waals surface area contributed by atoms with Crippen molar-refractivity contribution in [3.05, 3.63) is 66.4 Å². The number of carbonyl (C=O) groups is 1. The minimum Gasteiger partial charge on any atom is -0.486 e. The summed E-state index contributed by atoms with van der Waals surface area (Å²) in [7, 11) is 0. The summed E-state index contributed by atoms with van der Waals surface area (Å²) in [4.78, 5) is 17.5. The van der Waals surface area contributed by atoms with Crippen molar-refractivity contribution in [1.82, 2.24) is 4.98 Å². The molecule has 1 aromatic heterocycles. The van der Waals surface area contributed by atoms with E-state index >= 15 is 0 Å². The molecule has 2 heterocycles. The first-order chi connectivity index (χ1) is 14.9. The molecule has 4 nitrogen and oxygen atoms in total. The van der Waals surface area contributed by atoms with Gasteiger partial charge in [0.05, 0.1) is 12.0 Å². The number of benzene rings is 2. The molecule has 0 amide bonds. The first kappa shape index (κ1) is 21.1.